The Labute approximate surface area is 135 Å². The molecule has 1 saturated heterocycles. The highest BCUT2D eigenvalue weighted by Gasteiger charge is 2.15. The molecule has 4 N–H and O–H groups in total. The van der Waals surface area contributed by atoms with Crippen molar-refractivity contribution in [1.82, 2.24) is 21.3 Å². The van der Waals surface area contributed by atoms with Crippen molar-refractivity contribution >= 4 is 23.5 Å². The molecule has 1 unspecified atom stereocenters. The van der Waals surface area contributed by atoms with E-state index < -0.39 is 0 Å². The van der Waals surface area contributed by atoms with Crippen LogP contribution in [0.1, 0.15) is 18.4 Å². The van der Waals surface area contributed by atoms with Gasteiger partial charge in [-0.05, 0) is 37.1 Å². The molecule has 0 spiro atoms. The summed E-state index contributed by atoms with van der Waals surface area (Å²) in [5.41, 5.74) is 0.942. The van der Waals surface area contributed by atoms with Gasteiger partial charge in [-0.25, -0.2) is 4.79 Å². The van der Waals surface area contributed by atoms with Crippen molar-refractivity contribution in [2.45, 2.75) is 25.4 Å². The largest absolute Gasteiger partial charge is 0.351 e. The number of hydrogen-bond donors (Lipinski definition) is 4. The predicted molar refractivity (Wildman–Crippen MR) is 85.7 cm³/mol. The Kier molecular flexibility index (Phi) is 6.48. The third kappa shape index (κ3) is 5.91. The van der Waals surface area contributed by atoms with E-state index in [4.69, 9.17) is 11.6 Å². The van der Waals surface area contributed by atoms with Gasteiger partial charge < -0.3 is 21.3 Å². The van der Waals surface area contributed by atoms with E-state index in [0.717, 1.165) is 31.5 Å². The van der Waals surface area contributed by atoms with Gasteiger partial charge in [0.15, 0.2) is 0 Å². The third-order valence-corrected chi connectivity index (χ3v) is 3.69. The van der Waals surface area contributed by atoms with Crippen LogP contribution in [0.25, 0.3) is 0 Å². The van der Waals surface area contributed by atoms with Gasteiger partial charge in [0.2, 0.25) is 5.91 Å². The van der Waals surface area contributed by atoms with Gasteiger partial charge in [-0.3, -0.25) is 4.79 Å². The molecule has 6 nitrogen and oxygen atoms in total. The third-order valence-electron chi connectivity index (χ3n) is 3.44. The lowest BCUT2D eigenvalue weighted by molar-refractivity contribution is -0.120. The fraction of sp³-hybridized carbons (Fsp3) is 0.467. The summed E-state index contributed by atoms with van der Waals surface area (Å²) in [6.07, 6.45) is 2.03. The smallest absolute Gasteiger partial charge is 0.315 e. The van der Waals surface area contributed by atoms with Gasteiger partial charge in [-0.2, -0.15) is 0 Å². The van der Waals surface area contributed by atoms with Crippen LogP contribution >= 0.6 is 11.6 Å². The average molecular weight is 325 g/mol. The Morgan fingerprint density at radius 3 is 2.68 bits per heavy atom. The molecular weight excluding hydrogens is 304 g/mol. The first-order valence-corrected chi connectivity index (χ1v) is 7.77. The molecule has 7 heteroatoms. The van der Waals surface area contributed by atoms with Gasteiger partial charge in [-0.15, -0.1) is 0 Å². The summed E-state index contributed by atoms with van der Waals surface area (Å²) in [4.78, 5) is 23.4. The number of halogens is 1. The maximum absolute atomic E-state index is 11.7. The fourth-order valence-electron chi connectivity index (χ4n) is 2.26. The quantitative estimate of drug-likeness (QED) is 0.652. The molecule has 1 heterocycles. The van der Waals surface area contributed by atoms with Crippen LogP contribution in [0.4, 0.5) is 4.79 Å². The number of carbonyl (C=O) groups excluding carboxylic acids is 2. The number of rotatable bonds is 5. The van der Waals surface area contributed by atoms with Crippen LogP contribution in [0.5, 0.6) is 0 Å². The van der Waals surface area contributed by atoms with E-state index in [9.17, 15) is 9.59 Å². The molecule has 1 aliphatic rings. The summed E-state index contributed by atoms with van der Waals surface area (Å²) in [6.45, 7) is 2.15. The summed E-state index contributed by atoms with van der Waals surface area (Å²) in [5.74, 6) is -0.171. The monoisotopic (exact) mass is 324 g/mol. The van der Waals surface area contributed by atoms with E-state index in [-0.39, 0.29) is 24.5 Å². The molecule has 3 amide bonds. The van der Waals surface area contributed by atoms with E-state index in [0.29, 0.717) is 11.6 Å². The van der Waals surface area contributed by atoms with Crippen LogP contribution in [-0.2, 0) is 11.3 Å². The SMILES string of the molecule is O=C(CNC(=O)NCc1ccc(Cl)cc1)NC1CCCNC1. The summed E-state index contributed by atoms with van der Waals surface area (Å²) in [7, 11) is 0. The highest BCUT2D eigenvalue weighted by atomic mass is 35.5. The lowest BCUT2D eigenvalue weighted by Crippen LogP contribution is -2.49. The lowest BCUT2D eigenvalue weighted by Gasteiger charge is -2.23. The van der Waals surface area contributed by atoms with E-state index in [2.05, 4.69) is 21.3 Å². The van der Waals surface area contributed by atoms with E-state index in [1.165, 1.54) is 0 Å². The molecule has 1 fully saturated rings. The molecule has 1 aromatic carbocycles. The Balaban J connectivity index is 1.62. The highest BCUT2D eigenvalue weighted by molar-refractivity contribution is 6.30. The van der Waals surface area contributed by atoms with Crippen LogP contribution in [0, 0.1) is 0 Å². The molecule has 0 aromatic heterocycles. The number of amides is 3. The topological polar surface area (TPSA) is 82.3 Å². The van der Waals surface area contributed by atoms with Crippen LogP contribution < -0.4 is 21.3 Å². The standard InChI is InChI=1S/C15H21ClN4O2/c16-12-5-3-11(4-6-12)8-18-15(22)19-10-14(21)20-13-2-1-7-17-9-13/h3-6,13,17H,1-2,7-10H2,(H,20,21)(H2,18,19,22). The Bertz CT molecular complexity index is 501. The minimum absolute atomic E-state index is 0.0249. The molecule has 1 aliphatic heterocycles. The van der Waals surface area contributed by atoms with Crippen LogP contribution in [0.3, 0.4) is 0 Å². The molecule has 0 bridgehead atoms. The average Bonchev–Trinajstić information content (AvgIpc) is 2.53. The second kappa shape index (κ2) is 8.60. The number of carbonyl (C=O) groups is 2. The number of piperidine rings is 1. The van der Waals surface area contributed by atoms with Gasteiger partial charge in [0, 0.05) is 24.2 Å². The molecule has 1 atom stereocenters. The first-order valence-electron chi connectivity index (χ1n) is 7.40. The summed E-state index contributed by atoms with van der Waals surface area (Å²) < 4.78 is 0. The maximum Gasteiger partial charge on any atom is 0.315 e. The fourth-order valence-corrected chi connectivity index (χ4v) is 2.39. The zero-order chi connectivity index (χ0) is 15.8. The number of benzene rings is 1. The predicted octanol–water partition coefficient (Wildman–Crippen LogP) is 1.01. The van der Waals surface area contributed by atoms with E-state index in [1.54, 1.807) is 12.1 Å². The van der Waals surface area contributed by atoms with Crippen molar-refractivity contribution in [3.05, 3.63) is 34.9 Å². The second-order valence-electron chi connectivity index (χ2n) is 5.27. The zero-order valence-corrected chi connectivity index (χ0v) is 13.1. The molecule has 1 aromatic rings. The normalized spacial score (nSPS) is 17.6. The number of nitrogens with one attached hydrogen (secondary N) is 4. The lowest BCUT2D eigenvalue weighted by atomic mass is 10.1. The van der Waals surface area contributed by atoms with Crippen molar-refractivity contribution < 1.29 is 9.59 Å². The molecular formula is C15H21ClN4O2. The number of urea groups is 1. The van der Waals surface area contributed by atoms with Crippen LogP contribution in [0.15, 0.2) is 24.3 Å². The molecule has 0 saturated carbocycles. The van der Waals surface area contributed by atoms with Crippen molar-refractivity contribution in [2.24, 2.45) is 0 Å². The van der Waals surface area contributed by atoms with E-state index in [1.807, 2.05) is 12.1 Å². The van der Waals surface area contributed by atoms with Gasteiger partial charge >= 0.3 is 6.03 Å². The molecule has 120 valence electrons. The first-order chi connectivity index (χ1) is 10.6. The maximum atomic E-state index is 11.7. The van der Waals surface area contributed by atoms with Gasteiger partial charge in [0.05, 0.1) is 6.54 Å². The Morgan fingerprint density at radius 1 is 1.23 bits per heavy atom. The minimum atomic E-state index is -0.369. The van der Waals surface area contributed by atoms with Crippen LogP contribution in [-0.4, -0.2) is 37.6 Å². The van der Waals surface area contributed by atoms with Gasteiger partial charge in [0.1, 0.15) is 0 Å². The summed E-state index contributed by atoms with van der Waals surface area (Å²) in [6, 6.07) is 6.99. The summed E-state index contributed by atoms with van der Waals surface area (Å²) in [5, 5.41) is 12.0. The van der Waals surface area contributed by atoms with Crippen molar-refractivity contribution in [3.8, 4) is 0 Å². The Morgan fingerprint density at radius 2 is 2.00 bits per heavy atom. The van der Waals surface area contributed by atoms with Crippen molar-refractivity contribution in [1.29, 1.82) is 0 Å². The Hall–Kier alpha value is -1.79. The number of hydrogen-bond acceptors (Lipinski definition) is 3. The first kappa shape index (κ1) is 16.6. The molecule has 0 radical (unpaired) electrons. The van der Waals surface area contributed by atoms with Gasteiger partial charge in [-0.1, -0.05) is 23.7 Å². The van der Waals surface area contributed by atoms with Crippen molar-refractivity contribution in [2.75, 3.05) is 19.6 Å². The van der Waals surface area contributed by atoms with Crippen LogP contribution in [0.2, 0.25) is 5.02 Å². The highest BCUT2D eigenvalue weighted by Crippen LogP contribution is 2.08. The van der Waals surface area contributed by atoms with Gasteiger partial charge in [0.25, 0.3) is 0 Å². The molecule has 22 heavy (non-hydrogen) atoms. The second-order valence-corrected chi connectivity index (χ2v) is 5.71. The van der Waals surface area contributed by atoms with E-state index >= 15 is 0 Å². The van der Waals surface area contributed by atoms with Crippen molar-refractivity contribution in [3.63, 3.8) is 0 Å². The summed E-state index contributed by atoms with van der Waals surface area (Å²) >= 11 is 5.79. The molecule has 0 aliphatic carbocycles. The molecule has 2 rings (SSSR count). The minimum Gasteiger partial charge on any atom is -0.351 e. The zero-order valence-electron chi connectivity index (χ0n) is 12.3.